The average Bonchev–Trinajstić information content (AvgIpc) is 2.73. The highest BCUT2D eigenvalue weighted by molar-refractivity contribution is 7.99. The van der Waals surface area contributed by atoms with Crippen LogP contribution in [0.15, 0.2) is 58.5 Å². The monoisotopic (exact) mass is 380 g/mol. The SMILES string of the molecule is CCc1ccc(-n2c(SC[C@H]3CCCCO3)nc3ccccc3c2=O)cc1. The topological polar surface area (TPSA) is 44.1 Å². The van der Waals surface area contributed by atoms with Crippen molar-refractivity contribution in [2.45, 2.75) is 43.9 Å². The highest BCUT2D eigenvalue weighted by Crippen LogP contribution is 2.25. The molecule has 0 spiro atoms. The Bertz CT molecular complexity index is 976. The van der Waals surface area contributed by atoms with Crippen molar-refractivity contribution in [1.29, 1.82) is 0 Å². The lowest BCUT2D eigenvalue weighted by atomic mass is 10.1. The number of para-hydroxylation sites is 1. The van der Waals surface area contributed by atoms with E-state index < -0.39 is 0 Å². The van der Waals surface area contributed by atoms with Crippen molar-refractivity contribution < 1.29 is 4.74 Å². The van der Waals surface area contributed by atoms with Gasteiger partial charge in [-0.1, -0.05) is 43.0 Å². The molecule has 1 aliphatic heterocycles. The van der Waals surface area contributed by atoms with Crippen molar-refractivity contribution in [2.24, 2.45) is 0 Å². The van der Waals surface area contributed by atoms with Gasteiger partial charge in [-0.15, -0.1) is 0 Å². The van der Waals surface area contributed by atoms with Crippen LogP contribution in [0, 0.1) is 0 Å². The van der Waals surface area contributed by atoms with Crippen LogP contribution in [-0.2, 0) is 11.2 Å². The van der Waals surface area contributed by atoms with E-state index in [4.69, 9.17) is 9.72 Å². The molecule has 1 aliphatic rings. The molecule has 0 radical (unpaired) electrons. The minimum atomic E-state index is -0.0167. The fourth-order valence-electron chi connectivity index (χ4n) is 3.42. The number of rotatable bonds is 5. The summed E-state index contributed by atoms with van der Waals surface area (Å²) in [6.45, 7) is 2.96. The Labute approximate surface area is 163 Å². The molecule has 0 unspecified atom stereocenters. The molecule has 2 aromatic carbocycles. The maximum atomic E-state index is 13.2. The molecular weight excluding hydrogens is 356 g/mol. The lowest BCUT2D eigenvalue weighted by Crippen LogP contribution is -2.24. The van der Waals surface area contributed by atoms with Crippen molar-refractivity contribution >= 4 is 22.7 Å². The second-order valence-electron chi connectivity index (χ2n) is 6.87. The number of ether oxygens (including phenoxy) is 1. The minimum Gasteiger partial charge on any atom is -0.377 e. The zero-order chi connectivity index (χ0) is 18.6. The van der Waals surface area contributed by atoms with Crippen molar-refractivity contribution in [3.63, 3.8) is 0 Å². The molecule has 0 bridgehead atoms. The number of hydrogen-bond donors (Lipinski definition) is 0. The summed E-state index contributed by atoms with van der Waals surface area (Å²) in [5, 5.41) is 1.38. The Hall–Kier alpha value is -2.11. The smallest absolute Gasteiger partial charge is 0.266 e. The second kappa shape index (κ2) is 8.28. The lowest BCUT2D eigenvalue weighted by molar-refractivity contribution is 0.0315. The van der Waals surface area contributed by atoms with E-state index in [0.29, 0.717) is 5.39 Å². The van der Waals surface area contributed by atoms with E-state index in [0.717, 1.165) is 48.0 Å². The predicted molar refractivity (Wildman–Crippen MR) is 111 cm³/mol. The minimum absolute atomic E-state index is 0.0167. The van der Waals surface area contributed by atoms with E-state index in [2.05, 4.69) is 19.1 Å². The van der Waals surface area contributed by atoms with Gasteiger partial charge < -0.3 is 4.74 Å². The Kier molecular flexibility index (Phi) is 5.60. The fourth-order valence-corrected chi connectivity index (χ4v) is 4.50. The molecule has 140 valence electrons. The summed E-state index contributed by atoms with van der Waals surface area (Å²) in [5.74, 6) is 0.817. The van der Waals surface area contributed by atoms with E-state index in [-0.39, 0.29) is 11.7 Å². The van der Waals surface area contributed by atoms with Gasteiger partial charge in [0.15, 0.2) is 5.16 Å². The molecule has 1 saturated heterocycles. The second-order valence-corrected chi connectivity index (χ2v) is 7.86. The van der Waals surface area contributed by atoms with E-state index in [1.165, 1.54) is 12.0 Å². The highest BCUT2D eigenvalue weighted by atomic mass is 32.2. The molecule has 0 N–H and O–H groups in total. The fraction of sp³-hybridized carbons (Fsp3) is 0.364. The van der Waals surface area contributed by atoms with Crippen molar-refractivity contribution in [3.05, 3.63) is 64.4 Å². The van der Waals surface area contributed by atoms with Gasteiger partial charge in [0.25, 0.3) is 5.56 Å². The van der Waals surface area contributed by atoms with Crippen molar-refractivity contribution in [3.8, 4) is 5.69 Å². The van der Waals surface area contributed by atoms with Gasteiger partial charge in [0.1, 0.15) is 0 Å². The summed E-state index contributed by atoms with van der Waals surface area (Å²) in [6, 6.07) is 15.7. The van der Waals surface area contributed by atoms with Crippen LogP contribution < -0.4 is 5.56 Å². The molecule has 1 atom stereocenters. The van der Waals surface area contributed by atoms with Crippen molar-refractivity contribution in [1.82, 2.24) is 9.55 Å². The maximum Gasteiger partial charge on any atom is 0.266 e. The van der Waals surface area contributed by atoms with Gasteiger partial charge in [-0.3, -0.25) is 9.36 Å². The summed E-state index contributed by atoms with van der Waals surface area (Å²) >= 11 is 1.61. The van der Waals surface area contributed by atoms with E-state index in [1.54, 1.807) is 16.3 Å². The van der Waals surface area contributed by atoms with Crippen LogP contribution in [0.4, 0.5) is 0 Å². The molecule has 1 fully saturated rings. The number of nitrogens with zero attached hydrogens (tertiary/aromatic N) is 2. The first kappa shape index (κ1) is 18.3. The van der Waals surface area contributed by atoms with E-state index in [1.807, 2.05) is 36.4 Å². The summed E-state index contributed by atoms with van der Waals surface area (Å²) in [6.07, 6.45) is 4.65. The number of aryl methyl sites for hydroxylation is 1. The van der Waals surface area contributed by atoms with Gasteiger partial charge in [-0.05, 0) is 55.5 Å². The van der Waals surface area contributed by atoms with Crippen LogP contribution in [0.5, 0.6) is 0 Å². The third kappa shape index (κ3) is 3.94. The average molecular weight is 381 g/mol. The number of aromatic nitrogens is 2. The van der Waals surface area contributed by atoms with Crippen LogP contribution in [0.1, 0.15) is 31.7 Å². The van der Waals surface area contributed by atoms with Crippen LogP contribution in [0.3, 0.4) is 0 Å². The first-order chi connectivity index (χ1) is 13.3. The molecule has 1 aromatic heterocycles. The van der Waals surface area contributed by atoms with Gasteiger partial charge >= 0.3 is 0 Å². The first-order valence-electron chi connectivity index (χ1n) is 9.62. The highest BCUT2D eigenvalue weighted by Gasteiger charge is 2.18. The van der Waals surface area contributed by atoms with Crippen LogP contribution in [0.2, 0.25) is 0 Å². The van der Waals surface area contributed by atoms with Crippen molar-refractivity contribution in [2.75, 3.05) is 12.4 Å². The van der Waals surface area contributed by atoms with Crippen LogP contribution >= 0.6 is 11.8 Å². The van der Waals surface area contributed by atoms with Gasteiger partial charge in [0, 0.05) is 12.4 Å². The zero-order valence-corrected chi connectivity index (χ0v) is 16.4. The molecule has 0 saturated carbocycles. The number of thioether (sulfide) groups is 1. The molecule has 27 heavy (non-hydrogen) atoms. The van der Waals surface area contributed by atoms with Gasteiger partial charge in [-0.25, -0.2) is 4.98 Å². The molecule has 2 heterocycles. The Morgan fingerprint density at radius 2 is 1.96 bits per heavy atom. The molecule has 5 heteroatoms. The predicted octanol–water partition coefficient (Wildman–Crippen LogP) is 4.61. The molecule has 4 rings (SSSR count). The largest absolute Gasteiger partial charge is 0.377 e. The summed E-state index contributed by atoms with van der Waals surface area (Å²) < 4.78 is 7.60. The van der Waals surface area contributed by atoms with Gasteiger partial charge in [0.2, 0.25) is 0 Å². The summed E-state index contributed by atoms with van der Waals surface area (Å²) in [5.41, 5.74) is 2.85. The third-order valence-electron chi connectivity index (χ3n) is 5.02. The van der Waals surface area contributed by atoms with Gasteiger partial charge in [-0.2, -0.15) is 0 Å². The normalized spacial score (nSPS) is 17.3. The first-order valence-corrected chi connectivity index (χ1v) is 10.6. The zero-order valence-electron chi connectivity index (χ0n) is 15.6. The quantitative estimate of drug-likeness (QED) is 0.479. The molecule has 0 amide bonds. The Balaban J connectivity index is 1.75. The standard InChI is InChI=1S/C22H24N2O2S/c1-2-16-10-12-17(13-11-16)24-21(25)19-8-3-4-9-20(19)23-22(24)27-15-18-7-5-6-14-26-18/h3-4,8-13,18H,2,5-7,14-15H2,1H3/t18-/m1/s1. The van der Waals surface area contributed by atoms with Crippen LogP contribution in [0.25, 0.3) is 16.6 Å². The summed E-state index contributed by atoms with van der Waals surface area (Å²) in [4.78, 5) is 18.0. The lowest BCUT2D eigenvalue weighted by Gasteiger charge is -2.22. The maximum absolute atomic E-state index is 13.2. The molecule has 4 nitrogen and oxygen atoms in total. The Morgan fingerprint density at radius 1 is 1.15 bits per heavy atom. The van der Waals surface area contributed by atoms with Crippen LogP contribution in [-0.4, -0.2) is 28.0 Å². The molecule has 0 aliphatic carbocycles. The van der Waals surface area contributed by atoms with Gasteiger partial charge in [0.05, 0.1) is 22.7 Å². The number of fused-ring (bicyclic) bond motifs is 1. The number of benzene rings is 2. The third-order valence-corrected chi connectivity index (χ3v) is 6.09. The molecular formula is C22H24N2O2S. The Morgan fingerprint density at radius 3 is 2.70 bits per heavy atom. The summed E-state index contributed by atoms with van der Waals surface area (Å²) in [7, 11) is 0. The van der Waals surface area contributed by atoms with E-state index >= 15 is 0 Å². The number of hydrogen-bond acceptors (Lipinski definition) is 4. The molecule has 3 aromatic rings. The van der Waals surface area contributed by atoms with E-state index in [9.17, 15) is 4.79 Å².